The third-order valence-corrected chi connectivity index (χ3v) is 7.16. The van der Waals surface area contributed by atoms with E-state index < -0.39 is 0 Å². The Morgan fingerprint density at radius 2 is 2.00 bits per heavy atom. The number of anilines is 1. The van der Waals surface area contributed by atoms with Crippen LogP contribution in [0.1, 0.15) is 41.2 Å². The molecular weight excluding hydrogens is 402 g/mol. The Labute approximate surface area is 186 Å². The molecule has 8 nitrogen and oxygen atoms in total. The first-order valence-electron chi connectivity index (χ1n) is 11.2. The molecule has 4 aliphatic rings. The smallest absolute Gasteiger partial charge is 0.270 e. The third-order valence-electron chi connectivity index (χ3n) is 7.16. The van der Waals surface area contributed by atoms with Crippen LogP contribution in [-0.2, 0) is 5.54 Å². The van der Waals surface area contributed by atoms with E-state index in [9.17, 15) is 4.79 Å². The minimum atomic E-state index is -0.0493. The SMILES string of the molecule is CN(C)C(=O)c1cc2cnc(NC3C=CC(c4ccncc4)CN3)nc2n1C12CC(C1)C2. The van der Waals surface area contributed by atoms with E-state index in [1.165, 1.54) is 5.56 Å². The second kappa shape index (κ2) is 7.13. The molecule has 3 aromatic rings. The van der Waals surface area contributed by atoms with Gasteiger partial charge in [-0.2, -0.15) is 4.98 Å². The van der Waals surface area contributed by atoms with Gasteiger partial charge >= 0.3 is 0 Å². The number of amides is 1. The van der Waals surface area contributed by atoms with Crippen molar-refractivity contribution in [1.82, 2.24) is 29.7 Å². The summed E-state index contributed by atoms with van der Waals surface area (Å²) in [5.74, 6) is 1.71. The van der Waals surface area contributed by atoms with Gasteiger partial charge in [-0.25, -0.2) is 4.98 Å². The zero-order valence-electron chi connectivity index (χ0n) is 18.3. The van der Waals surface area contributed by atoms with Gasteiger partial charge < -0.3 is 14.8 Å². The number of hydrogen-bond donors (Lipinski definition) is 2. The Morgan fingerprint density at radius 3 is 2.62 bits per heavy atom. The van der Waals surface area contributed by atoms with Crippen LogP contribution in [0.3, 0.4) is 0 Å². The fraction of sp³-hybridized carbons (Fsp3) is 0.417. The van der Waals surface area contributed by atoms with Gasteiger partial charge in [0.1, 0.15) is 11.3 Å². The minimum Gasteiger partial charge on any atom is -0.343 e. The number of pyridine rings is 1. The van der Waals surface area contributed by atoms with Crippen LogP contribution >= 0.6 is 0 Å². The van der Waals surface area contributed by atoms with Crippen molar-refractivity contribution in [3.05, 3.63) is 60.2 Å². The highest BCUT2D eigenvalue weighted by Gasteiger charge is 2.59. The molecule has 2 atom stereocenters. The Morgan fingerprint density at radius 1 is 1.22 bits per heavy atom. The monoisotopic (exact) mass is 429 g/mol. The first kappa shape index (κ1) is 19.4. The number of carbonyl (C=O) groups excluding carboxylic acids is 1. The highest BCUT2D eigenvalue weighted by molar-refractivity contribution is 5.98. The topological polar surface area (TPSA) is 88.0 Å². The van der Waals surface area contributed by atoms with Crippen LogP contribution in [0.15, 0.2) is 48.9 Å². The summed E-state index contributed by atoms with van der Waals surface area (Å²) in [4.78, 5) is 28.0. The lowest BCUT2D eigenvalue weighted by atomic mass is 9.49. The average molecular weight is 430 g/mol. The summed E-state index contributed by atoms with van der Waals surface area (Å²) in [5.41, 5.74) is 2.86. The first-order chi connectivity index (χ1) is 15.5. The number of nitrogens with zero attached hydrogens (tertiary/aromatic N) is 5. The number of rotatable bonds is 5. The lowest BCUT2D eigenvalue weighted by Crippen LogP contribution is -2.60. The van der Waals surface area contributed by atoms with Crippen LogP contribution in [0.4, 0.5) is 5.95 Å². The average Bonchev–Trinajstić information content (AvgIpc) is 3.11. The molecule has 0 saturated heterocycles. The molecule has 2 N–H and O–H groups in total. The van der Waals surface area contributed by atoms with E-state index in [4.69, 9.17) is 4.98 Å². The molecule has 3 fully saturated rings. The number of carbonyl (C=O) groups is 1. The molecule has 7 rings (SSSR count). The summed E-state index contributed by atoms with van der Waals surface area (Å²) >= 11 is 0. The van der Waals surface area contributed by atoms with Crippen LogP contribution in [0, 0.1) is 5.92 Å². The Balaban J connectivity index is 1.28. The zero-order valence-corrected chi connectivity index (χ0v) is 18.3. The van der Waals surface area contributed by atoms with Crippen molar-refractivity contribution < 1.29 is 4.79 Å². The molecule has 0 spiro atoms. The molecule has 3 aromatic heterocycles. The lowest BCUT2D eigenvalue weighted by molar-refractivity contribution is -0.0870. The molecule has 3 aliphatic carbocycles. The van der Waals surface area contributed by atoms with Gasteiger partial charge in [0, 0.05) is 56.1 Å². The lowest BCUT2D eigenvalue weighted by Gasteiger charge is -2.62. The van der Waals surface area contributed by atoms with Crippen LogP contribution in [0.2, 0.25) is 0 Å². The Bertz CT molecular complexity index is 1200. The molecule has 2 unspecified atom stereocenters. The summed E-state index contributed by atoms with van der Waals surface area (Å²) in [6.45, 7) is 0.822. The number of hydrogen-bond acceptors (Lipinski definition) is 6. The number of aromatic nitrogens is 4. The zero-order chi connectivity index (χ0) is 21.9. The van der Waals surface area contributed by atoms with Gasteiger partial charge in [-0.05, 0) is 48.9 Å². The molecule has 0 radical (unpaired) electrons. The second-order valence-corrected chi connectivity index (χ2v) is 9.54. The molecule has 164 valence electrons. The largest absolute Gasteiger partial charge is 0.343 e. The minimum absolute atomic E-state index is 0.0151. The summed E-state index contributed by atoms with van der Waals surface area (Å²) in [5, 5.41) is 7.82. The van der Waals surface area contributed by atoms with E-state index in [-0.39, 0.29) is 17.6 Å². The molecule has 2 bridgehead atoms. The second-order valence-electron chi connectivity index (χ2n) is 9.54. The van der Waals surface area contributed by atoms with Gasteiger partial charge in [0.15, 0.2) is 0 Å². The summed E-state index contributed by atoms with van der Waals surface area (Å²) in [6.07, 6.45) is 13.2. The fourth-order valence-corrected chi connectivity index (χ4v) is 5.34. The standard InChI is InChI=1S/C24H27N7O/c1-30(2)22(32)19-9-18-14-27-23(29-21(18)31(19)24-10-15(11-24)12-24)28-20-4-3-17(13-26-20)16-5-7-25-8-6-16/h3-9,14-15,17,20,26H,10-13H2,1-2H3,(H,27,28,29). The molecule has 32 heavy (non-hydrogen) atoms. The van der Waals surface area contributed by atoms with Crippen LogP contribution in [-0.4, -0.2) is 57.1 Å². The predicted octanol–water partition coefficient (Wildman–Crippen LogP) is 2.72. The maximum atomic E-state index is 12.9. The van der Waals surface area contributed by atoms with E-state index in [2.05, 4.69) is 37.3 Å². The number of nitrogens with one attached hydrogen (secondary N) is 2. The van der Waals surface area contributed by atoms with Gasteiger partial charge in [-0.15, -0.1) is 0 Å². The molecule has 8 heteroatoms. The maximum absolute atomic E-state index is 12.9. The van der Waals surface area contributed by atoms with Gasteiger partial charge in [0.25, 0.3) is 5.91 Å². The van der Waals surface area contributed by atoms with Crippen molar-refractivity contribution >= 4 is 22.9 Å². The van der Waals surface area contributed by atoms with E-state index in [1.54, 1.807) is 19.0 Å². The molecule has 3 saturated carbocycles. The number of fused-ring (bicyclic) bond motifs is 1. The molecule has 0 aromatic carbocycles. The van der Waals surface area contributed by atoms with E-state index >= 15 is 0 Å². The van der Waals surface area contributed by atoms with Crippen molar-refractivity contribution in [3.8, 4) is 0 Å². The van der Waals surface area contributed by atoms with Gasteiger partial charge in [0.2, 0.25) is 5.95 Å². The highest BCUT2D eigenvalue weighted by atomic mass is 16.2. The van der Waals surface area contributed by atoms with Crippen molar-refractivity contribution in [2.24, 2.45) is 5.92 Å². The Hall–Kier alpha value is -3.26. The van der Waals surface area contributed by atoms with Crippen LogP contribution in [0.25, 0.3) is 11.0 Å². The Kier molecular flexibility index (Phi) is 4.33. The van der Waals surface area contributed by atoms with Crippen molar-refractivity contribution in [3.63, 3.8) is 0 Å². The summed E-state index contributed by atoms with van der Waals surface area (Å²) in [7, 11) is 3.59. The first-order valence-corrected chi connectivity index (χ1v) is 11.2. The maximum Gasteiger partial charge on any atom is 0.270 e. The van der Waals surface area contributed by atoms with Gasteiger partial charge in [-0.3, -0.25) is 15.1 Å². The van der Waals surface area contributed by atoms with E-state index in [0.29, 0.717) is 17.6 Å². The van der Waals surface area contributed by atoms with Crippen molar-refractivity contribution in [2.45, 2.75) is 36.9 Å². The van der Waals surface area contributed by atoms with Gasteiger partial charge in [-0.1, -0.05) is 12.2 Å². The molecule has 1 amide bonds. The quantitative estimate of drug-likeness (QED) is 0.607. The fourth-order valence-electron chi connectivity index (χ4n) is 5.34. The summed E-state index contributed by atoms with van der Waals surface area (Å²) in [6, 6.07) is 6.04. The highest BCUT2D eigenvalue weighted by Crippen LogP contribution is 2.63. The summed E-state index contributed by atoms with van der Waals surface area (Å²) < 4.78 is 2.20. The van der Waals surface area contributed by atoms with Crippen molar-refractivity contribution in [1.29, 1.82) is 0 Å². The normalized spacial score (nSPS) is 28.1. The molecule has 4 heterocycles. The predicted molar refractivity (Wildman–Crippen MR) is 122 cm³/mol. The van der Waals surface area contributed by atoms with Crippen molar-refractivity contribution in [2.75, 3.05) is 26.0 Å². The van der Waals surface area contributed by atoms with Crippen LogP contribution in [0.5, 0.6) is 0 Å². The molecule has 1 aliphatic heterocycles. The van der Waals surface area contributed by atoms with E-state index in [1.807, 2.05) is 36.8 Å². The molecular formula is C24H27N7O. The van der Waals surface area contributed by atoms with Gasteiger partial charge in [0.05, 0.1) is 6.17 Å². The third kappa shape index (κ3) is 3.01. The van der Waals surface area contributed by atoms with E-state index in [0.717, 1.165) is 42.8 Å². The van der Waals surface area contributed by atoms with Crippen LogP contribution < -0.4 is 10.6 Å².